The van der Waals surface area contributed by atoms with E-state index in [0.29, 0.717) is 12.0 Å². The molecule has 23 heavy (non-hydrogen) atoms. The number of nitro groups is 1. The standard InChI is InChI=1S/C17H18N2O3.ClH/c1-18-11-13-4-2-3-5-15(13)16(18)10-17(20)12-6-8-14(9-7-12)19(21)22;/h2-9,16-17,20H,10-11H2,1H3;1H/t16-,17-;/m0./s1. The van der Waals surface area contributed by atoms with Gasteiger partial charge in [-0.25, -0.2) is 0 Å². The van der Waals surface area contributed by atoms with Crippen LogP contribution in [0.4, 0.5) is 5.69 Å². The maximum absolute atomic E-state index is 10.7. The van der Waals surface area contributed by atoms with E-state index in [1.54, 1.807) is 12.1 Å². The first-order valence-corrected chi connectivity index (χ1v) is 7.26. The minimum absolute atomic E-state index is 0. The molecular weight excluding hydrogens is 316 g/mol. The first-order chi connectivity index (χ1) is 10.6. The minimum Gasteiger partial charge on any atom is -0.388 e. The molecule has 0 bridgehead atoms. The van der Waals surface area contributed by atoms with E-state index in [-0.39, 0.29) is 24.1 Å². The summed E-state index contributed by atoms with van der Waals surface area (Å²) in [4.78, 5) is 12.5. The molecule has 0 saturated carbocycles. The summed E-state index contributed by atoms with van der Waals surface area (Å²) in [6, 6.07) is 14.6. The molecule has 1 N–H and O–H groups in total. The molecule has 5 nitrogen and oxygen atoms in total. The van der Waals surface area contributed by atoms with Crippen molar-refractivity contribution in [1.82, 2.24) is 4.90 Å². The van der Waals surface area contributed by atoms with Gasteiger partial charge in [-0.3, -0.25) is 15.0 Å². The molecule has 122 valence electrons. The number of aliphatic hydroxyl groups excluding tert-OH is 1. The highest BCUT2D eigenvalue weighted by Crippen LogP contribution is 2.38. The third-order valence-corrected chi connectivity index (χ3v) is 4.30. The number of aliphatic hydroxyl groups is 1. The van der Waals surface area contributed by atoms with Gasteiger partial charge in [-0.1, -0.05) is 24.3 Å². The van der Waals surface area contributed by atoms with Gasteiger partial charge < -0.3 is 5.11 Å². The van der Waals surface area contributed by atoms with Crippen LogP contribution in [0.5, 0.6) is 0 Å². The van der Waals surface area contributed by atoms with Crippen molar-refractivity contribution in [3.05, 3.63) is 75.3 Å². The van der Waals surface area contributed by atoms with Crippen LogP contribution in [-0.4, -0.2) is 22.0 Å². The predicted octanol–water partition coefficient (Wildman–Crippen LogP) is 3.63. The Bertz CT molecular complexity index is 690. The molecule has 0 unspecified atom stereocenters. The van der Waals surface area contributed by atoms with E-state index in [9.17, 15) is 15.2 Å². The van der Waals surface area contributed by atoms with Crippen LogP contribution >= 0.6 is 12.4 Å². The van der Waals surface area contributed by atoms with E-state index in [2.05, 4.69) is 17.0 Å². The van der Waals surface area contributed by atoms with Gasteiger partial charge in [-0.15, -0.1) is 12.4 Å². The van der Waals surface area contributed by atoms with Gasteiger partial charge in [0.2, 0.25) is 0 Å². The number of fused-ring (bicyclic) bond motifs is 1. The zero-order chi connectivity index (χ0) is 15.7. The summed E-state index contributed by atoms with van der Waals surface area (Å²) in [5, 5.41) is 21.1. The van der Waals surface area contributed by atoms with Gasteiger partial charge in [-0.2, -0.15) is 0 Å². The number of rotatable bonds is 4. The number of hydrogen-bond acceptors (Lipinski definition) is 4. The molecule has 0 spiro atoms. The highest BCUT2D eigenvalue weighted by atomic mass is 35.5. The molecule has 1 heterocycles. The molecule has 3 rings (SSSR count). The minimum atomic E-state index is -0.639. The molecule has 2 aromatic rings. The maximum Gasteiger partial charge on any atom is 0.269 e. The Morgan fingerprint density at radius 1 is 1.26 bits per heavy atom. The Kier molecular flexibility index (Phi) is 5.36. The molecule has 0 saturated heterocycles. The third-order valence-electron chi connectivity index (χ3n) is 4.30. The smallest absolute Gasteiger partial charge is 0.269 e. The summed E-state index contributed by atoms with van der Waals surface area (Å²) in [6.07, 6.45) is -0.0647. The van der Waals surface area contributed by atoms with Gasteiger partial charge in [0.05, 0.1) is 11.0 Å². The summed E-state index contributed by atoms with van der Waals surface area (Å²) in [5.74, 6) is 0. The van der Waals surface area contributed by atoms with Crippen molar-refractivity contribution in [2.45, 2.75) is 25.1 Å². The Hall–Kier alpha value is -1.95. The van der Waals surface area contributed by atoms with E-state index in [1.807, 2.05) is 19.2 Å². The first-order valence-electron chi connectivity index (χ1n) is 7.26. The van der Waals surface area contributed by atoms with Crippen LogP contribution in [0.25, 0.3) is 0 Å². The molecule has 2 aromatic carbocycles. The topological polar surface area (TPSA) is 66.6 Å². The second-order valence-electron chi connectivity index (χ2n) is 5.73. The van der Waals surface area contributed by atoms with E-state index in [1.165, 1.54) is 23.3 Å². The molecule has 2 atom stereocenters. The van der Waals surface area contributed by atoms with Crippen LogP contribution in [0.1, 0.15) is 35.3 Å². The Morgan fingerprint density at radius 3 is 2.57 bits per heavy atom. The quantitative estimate of drug-likeness (QED) is 0.685. The summed E-state index contributed by atoms with van der Waals surface area (Å²) < 4.78 is 0. The molecule has 0 aliphatic carbocycles. The second kappa shape index (κ2) is 7.08. The van der Waals surface area contributed by atoms with Crippen molar-refractivity contribution in [2.75, 3.05) is 7.05 Å². The normalized spacial score (nSPS) is 18.1. The Morgan fingerprint density at radius 2 is 1.91 bits per heavy atom. The van der Waals surface area contributed by atoms with Gasteiger partial charge >= 0.3 is 0 Å². The summed E-state index contributed by atoms with van der Waals surface area (Å²) in [5.41, 5.74) is 3.31. The zero-order valence-corrected chi connectivity index (χ0v) is 13.6. The van der Waals surface area contributed by atoms with E-state index in [0.717, 1.165) is 6.54 Å². The van der Waals surface area contributed by atoms with E-state index in [4.69, 9.17) is 0 Å². The van der Waals surface area contributed by atoms with Crippen LogP contribution in [0.3, 0.4) is 0 Å². The summed E-state index contributed by atoms with van der Waals surface area (Å²) >= 11 is 0. The van der Waals surface area contributed by atoms with Crippen LogP contribution in [-0.2, 0) is 6.54 Å². The highest BCUT2D eigenvalue weighted by molar-refractivity contribution is 5.85. The van der Waals surface area contributed by atoms with Crippen molar-refractivity contribution < 1.29 is 10.0 Å². The molecule has 6 heteroatoms. The average molecular weight is 335 g/mol. The fourth-order valence-electron chi connectivity index (χ4n) is 3.09. The van der Waals surface area contributed by atoms with Crippen molar-refractivity contribution in [1.29, 1.82) is 0 Å². The van der Waals surface area contributed by atoms with Gasteiger partial charge in [0, 0.05) is 24.7 Å². The van der Waals surface area contributed by atoms with Gasteiger partial charge in [0.15, 0.2) is 0 Å². The molecule has 0 fully saturated rings. The van der Waals surface area contributed by atoms with Crippen molar-refractivity contribution in [3.63, 3.8) is 0 Å². The molecule has 1 aliphatic rings. The van der Waals surface area contributed by atoms with Gasteiger partial charge in [0.25, 0.3) is 5.69 Å². The monoisotopic (exact) mass is 334 g/mol. The summed E-state index contributed by atoms with van der Waals surface area (Å²) in [7, 11) is 2.05. The number of hydrogen-bond donors (Lipinski definition) is 1. The SMILES string of the molecule is CN1Cc2ccccc2[C@@H]1C[C@H](O)c1ccc([N+](=O)[O-])cc1.Cl. The lowest BCUT2D eigenvalue weighted by atomic mass is 9.96. The number of non-ortho nitro benzene ring substituents is 1. The lowest BCUT2D eigenvalue weighted by Gasteiger charge is -2.23. The number of benzene rings is 2. The molecule has 0 amide bonds. The van der Waals surface area contributed by atoms with Crippen LogP contribution in [0.15, 0.2) is 48.5 Å². The van der Waals surface area contributed by atoms with Crippen molar-refractivity contribution in [2.24, 2.45) is 0 Å². The maximum atomic E-state index is 10.7. The Labute approximate surface area is 141 Å². The van der Waals surface area contributed by atoms with E-state index < -0.39 is 11.0 Å². The summed E-state index contributed by atoms with van der Waals surface area (Å²) in [6.45, 7) is 0.883. The van der Waals surface area contributed by atoms with E-state index >= 15 is 0 Å². The number of nitrogens with zero attached hydrogens (tertiary/aromatic N) is 2. The largest absolute Gasteiger partial charge is 0.388 e. The first kappa shape index (κ1) is 17.4. The fraction of sp³-hybridized carbons (Fsp3) is 0.294. The van der Waals surface area contributed by atoms with Crippen molar-refractivity contribution in [3.8, 4) is 0 Å². The molecular formula is C17H19ClN2O3. The highest BCUT2D eigenvalue weighted by Gasteiger charge is 2.29. The molecule has 1 aliphatic heterocycles. The van der Waals surface area contributed by atoms with Gasteiger partial charge in [-0.05, 0) is 42.3 Å². The fourth-order valence-corrected chi connectivity index (χ4v) is 3.09. The van der Waals surface area contributed by atoms with Gasteiger partial charge in [0.1, 0.15) is 0 Å². The van der Waals surface area contributed by atoms with Crippen LogP contribution in [0, 0.1) is 10.1 Å². The predicted molar refractivity (Wildman–Crippen MR) is 90.6 cm³/mol. The average Bonchev–Trinajstić information content (AvgIpc) is 2.83. The molecule has 0 aromatic heterocycles. The Balaban J connectivity index is 0.00000192. The zero-order valence-electron chi connectivity index (χ0n) is 12.8. The van der Waals surface area contributed by atoms with Crippen molar-refractivity contribution >= 4 is 18.1 Å². The molecule has 0 radical (unpaired) electrons. The number of halogens is 1. The lowest BCUT2D eigenvalue weighted by Crippen LogP contribution is -2.19. The van der Waals surface area contributed by atoms with Crippen LogP contribution in [0.2, 0.25) is 0 Å². The number of nitro benzene ring substituents is 1. The lowest BCUT2D eigenvalue weighted by molar-refractivity contribution is -0.384. The van der Waals surface area contributed by atoms with Crippen LogP contribution < -0.4 is 0 Å². The third kappa shape index (κ3) is 3.52. The second-order valence-corrected chi connectivity index (χ2v) is 5.73.